The molecule has 2 aromatic rings. The highest BCUT2D eigenvalue weighted by molar-refractivity contribution is 5.38. The van der Waals surface area contributed by atoms with Gasteiger partial charge in [0.2, 0.25) is 0 Å². The Morgan fingerprint density at radius 3 is 1.42 bits per heavy atom. The molecule has 9 heteroatoms. The van der Waals surface area contributed by atoms with Crippen molar-refractivity contribution in [2.45, 2.75) is 242 Å². The molecule has 77 heavy (non-hydrogen) atoms. The van der Waals surface area contributed by atoms with Gasteiger partial charge in [-0.1, -0.05) is 96.9 Å². The molecule has 0 saturated heterocycles. The zero-order chi connectivity index (χ0) is 57.6. The largest absolute Gasteiger partial charge is 0.493 e. The van der Waals surface area contributed by atoms with Crippen molar-refractivity contribution in [3.63, 3.8) is 0 Å². The van der Waals surface area contributed by atoms with Crippen LogP contribution in [0.4, 0.5) is 0 Å². The SMILES string of the molecule is C=CC1CC(C)(CC(C)(C)OCCCCC(C)(C)C(C)(C)OCC(COc2ccccc2)C(C)(C)OC)CCC1C1CC(C)(CC(C)(C)OCCCCC(C)(C)C(C)(C)OCC(COc2ccccc2)C(C)(C)OC=O)C1. The quantitative estimate of drug-likeness (QED) is 0.0373. The molecule has 2 aliphatic carbocycles. The summed E-state index contributed by atoms with van der Waals surface area (Å²) in [4.78, 5) is 11.4. The number of allylic oxidation sites excluding steroid dienone is 1. The van der Waals surface area contributed by atoms with E-state index in [1.807, 2.05) is 74.5 Å². The number of methoxy groups -OCH3 is 1. The Bertz CT molecular complexity index is 2030. The lowest BCUT2D eigenvalue weighted by atomic mass is 9.51. The molecule has 0 aromatic heterocycles. The number of unbranched alkanes of at least 4 members (excludes halogenated alkanes) is 2. The van der Waals surface area contributed by atoms with Gasteiger partial charge in [-0.25, -0.2) is 0 Å². The van der Waals surface area contributed by atoms with Crippen molar-refractivity contribution in [2.24, 2.45) is 51.2 Å². The lowest BCUT2D eigenvalue weighted by molar-refractivity contribution is -0.162. The molecule has 2 aromatic carbocycles. The normalized spacial score (nSPS) is 22.9. The smallest absolute Gasteiger partial charge is 0.293 e. The zero-order valence-corrected chi connectivity index (χ0v) is 52.6. The van der Waals surface area contributed by atoms with Crippen LogP contribution in [0.2, 0.25) is 0 Å². The topological polar surface area (TPSA) is 90.9 Å². The fraction of sp³-hybridized carbons (Fsp3) is 0.779. The average molecular weight is 1080 g/mol. The molecule has 0 spiro atoms. The van der Waals surface area contributed by atoms with E-state index in [2.05, 4.69) is 123 Å². The van der Waals surface area contributed by atoms with Gasteiger partial charge in [0, 0.05) is 26.2 Å². The predicted molar refractivity (Wildman–Crippen MR) is 318 cm³/mol. The van der Waals surface area contributed by atoms with Gasteiger partial charge in [-0.2, -0.15) is 0 Å². The third-order valence-corrected chi connectivity index (χ3v) is 19.6. The maximum absolute atomic E-state index is 11.4. The number of rotatable bonds is 37. The second-order valence-corrected chi connectivity index (χ2v) is 29.3. The minimum absolute atomic E-state index is 0.0336. The number of benzene rings is 2. The minimum Gasteiger partial charge on any atom is -0.493 e. The van der Waals surface area contributed by atoms with E-state index >= 15 is 0 Å². The first-order valence-electron chi connectivity index (χ1n) is 29.9. The van der Waals surface area contributed by atoms with Crippen molar-refractivity contribution in [3.05, 3.63) is 73.3 Å². The van der Waals surface area contributed by atoms with Crippen LogP contribution in [0, 0.1) is 51.2 Å². The van der Waals surface area contributed by atoms with E-state index in [4.69, 9.17) is 37.9 Å². The molecule has 2 aliphatic rings. The van der Waals surface area contributed by atoms with Crippen LogP contribution in [-0.4, -0.2) is 86.8 Å². The number of para-hydroxylation sites is 2. The van der Waals surface area contributed by atoms with E-state index < -0.39 is 16.8 Å². The molecule has 0 N–H and O–H groups in total. The second-order valence-electron chi connectivity index (χ2n) is 29.3. The average Bonchev–Trinajstić information content (AvgIpc) is 3.32. The van der Waals surface area contributed by atoms with Crippen LogP contribution in [-0.2, 0) is 33.2 Å². The summed E-state index contributed by atoms with van der Waals surface area (Å²) < 4.78 is 50.7. The first-order chi connectivity index (χ1) is 35.6. The van der Waals surface area contributed by atoms with E-state index in [1.54, 1.807) is 7.11 Å². The van der Waals surface area contributed by atoms with Gasteiger partial charge in [-0.05, 0) is 217 Å². The summed E-state index contributed by atoms with van der Waals surface area (Å²) in [5.74, 6) is 3.56. The lowest BCUT2D eigenvalue weighted by Crippen LogP contribution is -2.47. The number of hydrogen-bond donors (Lipinski definition) is 0. The number of hydrogen-bond acceptors (Lipinski definition) is 9. The summed E-state index contributed by atoms with van der Waals surface area (Å²) >= 11 is 0. The highest BCUT2D eigenvalue weighted by atomic mass is 16.6. The standard InChI is InChI=1S/C68H114O9/c1-21-52-42-67(18,49-61(6,7)73-40-30-28-37-59(2,3)65(14,15)75-47-54(63(10,11)70-20)45-71-56-32-24-22-25-33-56)39-36-58(52)53-43-68(19,44-53)50-62(8,9)74-41-31-29-38-60(4,5)66(16,17)76-48-55(64(12,13)77-51-69)46-72-57-34-26-23-27-35-57/h21-27,32-35,51-55,58H,1,28-31,36-50H2,2-20H3. The van der Waals surface area contributed by atoms with Gasteiger partial charge < -0.3 is 37.9 Å². The summed E-state index contributed by atoms with van der Waals surface area (Å²) in [6.07, 6.45) is 17.0. The van der Waals surface area contributed by atoms with Crippen LogP contribution in [0.15, 0.2) is 73.3 Å². The maximum atomic E-state index is 11.4. The molecular weight excluding hydrogens is 961 g/mol. The van der Waals surface area contributed by atoms with Crippen LogP contribution in [0.1, 0.15) is 208 Å². The Morgan fingerprint density at radius 1 is 0.571 bits per heavy atom. The zero-order valence-electron chi connectivity index (χ0n) is 52.6. The van der Waals surface area contributed by atoms with Gasteiger partial charge in [-0.15, -0.1) is 6.58 Å². The third kappa shape index (κ3) is 20.2. The monoisotopic (exact) mass is 1070 g/mol. The first kappa shape index (κ1) is 66.6. The van der Waals surface area contributed by atoms with E-state index in [0.29, 0.717) is 50.2 Å². The van der Waals surface area contributed by atoms with Crippen LogP contribution in [0.5, 0.6) is 11.5 Å². The fourth-order valence-electron chi connectivity index (χ4n) is 12.7. The Hall–Kier alpha value is -2.95. The van der Waals surface area contributed by atoms with Crippen LogP contribution in [0.25, 0.3) is 0 Å². The second kappa shape index (κ2) is 27.7. The summed E-state index contributed by atoms with van der Waals surface area (Å²) in [6.45, 7) is 48.7. The molecule has 0 aliphatic heterocycles. The summed E-state index contributed by atoms with van der Waals surface area (Å²) in [5.41, 5.74) is -1.85. The van der Waals surface area contributed by atoms with Gasteiger partial charge in [-0.3, -0.25) is 4.79 Å². The first-order valence-corrected chi connectivity index (χ1v) is 29.9. The van der Waals surface area contributed by atoms with E-state index in [-0.39, 0.29) is 44.9 Å². The fourth-order valence-corrected chi connectivity index (χ4v) is 12.7. The molecule has 5 atom stereocenters. The van der Waals surface area contributed by atoms with Gasteiger partial charge >= 0.3 is 0 Å². The number of carbonyl (C=O) groups excluding carboxylic acids is 1. The molecule has 4 rings (SSSR count). The summed E-state index contributed by atoms with van der Waals surface area (Å²) in [7, 11) is 1.77. The van der Waals surface area contributed by atoms with Gasteiger partial charge in [0.15, 0.2) is 0 Å². The summed E-state index contributed by atoms with van der Waals surface area (Å²) in [6, 6.07) is 19.7. The molecule has 0 amide bonds. The Morgan fingerprint density at radius 2 is 1.00 bits per heavy atom. The van der Waals surface area contributed by atoms with Crippen molar-refractivity contribution >= 4 is 6.47 Å². The van der Waals surface area contributed by atoms with Crippen molar-refractivity contribution < 1.29 is 42.7 Å². The molecule has 2 fully saturated rings. The van der Waals surface area contributed by atoms with Crippen molar-refractivity contribution in [1.82, 2.24) is 0 Å². The minimum atomic E-state index is -0.746. The van der Waals surface area contributed by atoms with E-state index in [0.717, 1.165) is 82.0 Å². The molecule has 0 bridgehead atoms. The van der Waals surface area contributed by atoms with Gasteiger partial charge in [0.25, 0.3) is 6.47 Å². The Kier molecular flexibility index (Phi) is 23.9. The highest BCUT2D eigenvalue weighted by Gasteiger charge is 2.51. The van der Waals surface area contributed by atoms with Crippen LogP contribution < -0.4 is 9.47 Å². The molecule has 5 unspecified atom stereocenters. The van der Waals surface area contributed by atoms with Crippen molar-refractivity contribution in [3.8, 4) is 11.5 Å². The predicted octanol–water partition coefficient (Wildman–Crippen LogP) is 17.1. The summed E-state index contributed by atoms with van der Waals surface area (Å²) in [5, 5.41) is 0. The molecule has 9 nitrogen and oxygen atoms in total. The van der Waals surface area contributed by atoms with Gasteiger partial charge in [0.1, 0.15) is 17.1 Å². The van der Waals surface area contributed by atoms with E-state index in [9.17, 15) is 4.79 Å². The van der Waals surface area contributed by atoms with Crippen LogP contribution in [0.3, 0.4) is 0 Å². The van der Waals surface area contributed by atoms with Crippen molar-refractivity contribution in [1.29, 1.82) is 0 Å². The van der Waals surface area contributed by atoms with Crippen molar-refractivity contribution in [2.75, 3.05) is 46.8 Å². The van der Waals surface area contributed by atoms with Gasteiger partial charge in [0.05, 0.1) is 60.4 Å². The molecule has 2 saturated carbocycles. The Balaban J connectivity index is 1.16. The van der Waals surface area contributed by atoms with Crippen LogP contribution >= 0.6 is 0 Å². The highest BCUT2D eigenvalue weighted by Crippen LogP contribution is 2.59. The molecule has 0 radical (unpaired) electrons. The number of carbonyl (C=O) groups is 1. The number of ether oxygens (including phenoxy) is 8. The lowest BCUT2D eigenvalue weighted by Gasteiger charge is -2.55. The third-order valence-electron chi connectivity index (χ3n) is 19.6. The Labute approximate surface area is 471 Å². The molecule has 440 valence electrons. The maximum Gasteiger partial charge on any atom is 0.293 e. The molecule has 0 heterocycles. The molecular formula is C68H114O9. The van der Waals surface area contributed by atoms with E-state index in [1.165, 1.54) is 32.1 Å².